The van der Waals surface area contributed by atoms with Crippen molar-refractivity contribution in [3.8, 4) is 0 Å². The molecule has 1 aromatic rings. The maximum atomic E-state index is 11.5. The second-order valence-corrected chi connectivity index (χ2v) is 6.61. The highest BCUT2D eigenvalue weighted by Gasteiger charge is 2.11. The molecule has 0 atom stereocenters. The summed E-state index contributed by atoms with van der Waals surface area (Å²) in [7, 11) is -0.876. The quantitative estimate of drug-likeness (QED) is 0.359. The molecule has 0 radical (unpaired) electrons. The zero-order chi connectivity index (χ0) is 18.4. The summed E-state index contributed by atoms with van der Waals surface area (Å²) in [6.45, 7) is 4.37. The van der Waals surface area contributed by atoms with Gasteiger partial charge in [-0.3, -0.25) is 4.18 Å². The number of anilines is 1. The van der Waals surface area contributed by atoms with Gasteiger partial charge >= 0.3 is 0 Å². The van der Waals surface area contributed by atoms with Gasteiger partial charge < -0.3 is 24.3 Å². The van der Waals surface area contributed by atoms with Crippen LogP contribution in [0.5, 0.6) is 0 Å². The van der Waals surface area contributed by atoms with Crippen LogP contribution < -0.4 is 5.32 Å². The van der Waals surface area contributed by atoms with E-state index < -0.39 is 10.1 Å². The van der Waals surface area contributed by atoms with Gasteiger partial charge in [0.05, 0.1) is 58.3 Å². The first-order valence-electron chi connectivity index (χ1n) is 7.97. The molecule has 25 heavy (non-hydrogen) atoms. The fraction of sp³-hybridized carbons (Fsp3) is 0.625. The highest BCUT2D eigenvalue weighted by molar-refractivity contribution is 7.86. The zero-order valence-electron chi connectivity index (χ0n) is 14.7. The monoisotopic (exact) mass is 377 g/mol. The maximum absolute atomic E-state index is 11.5. The number of nitrogens with one attached hydrogen (secondary N) is 1. The average Bonchev–Trinajstić information content (AvgIpc) is 2.63. The van der Waals surface area contributed by atoms with E-state index in [1.54, 1.807) is 19.2 Å². The third-order valence-electron chi connectivity index (χ3n) is 3.11. The Morgan fingerprint density at radius 1 is 0.800 bits per heavy atom. The summed E-state index contributed by atoms with van der Waals surface area (Å²) in [5.74, 6) is 0. The van der Waals surface area contributed by atoms with Crippen LogP contribution in [0.25, 0.3) is 0 Å². The van der Waals surface area contributed by atoms with Gasteiger partial charge in [-0.1, -0.05) is 0 Å². The lowest BCUT2D eigenvalue weighted by molar-refractivity contribution is 0.00495. The van der Waals surface area contributed by atoms with Crippen LogP contribution in [0.2, 0.25) is 0 Å². The maximum Gasteiger partial charge on any atom is 0.296 e. The molecule has 0 aromatic heterocycles. The van der Waals surface area contributed by atoms with Crippen LogP contribution in [0.4, 0.5) is 5.69 Å². The van der Waals surface area contributed by atoms with Crippen LogP contribution in [-0.4, -0.2) is 75.4 Å². The number of methoxy groups -OCH3 is 1. The SMILES string of the molecule is COCCOCCOCCOCCNc1ccc(S(=O)(=O)OC)cc1. The van der Waals surface area contributed by atoms with Crippen LogP contribution in [0, 0.1) is 0 Å². The minimum absolute atomic E-state index is 0.125. The highest BCUT2D eigenvalue weighted by atomic mass is 32.2. The van der Waals surface area contributed by atoms with Crippen molar-refractivity contribution in [2.75, 3.05) is 72.3 Å². The molecule has 0 aliphatic rings. The molecule has 144 valence electrons. The molecule has 0 saturated carbocycles. The summed E-state index contributed by atoms with van der Waals surface area (Å²) in [5.41, 5.74) is 0.808. The number of hydrogen-bond acceptors (Lipinski definition) is 8. The van der Waals surface area contributed by atoms with Crippen molar-refractivity contribution in [3.05, 3.63) is 24.3 Å². The van der Waals surface area contributed by atoms with E-state index in [1.807, 2.05) is 0 Å². The Labute approximate surface area is 149 Å². The first kappa shape index (κ1) is 21.8. The van der Waals surface area contributed by atoms with E-state index in [4.69, 9.17) is 18.9 Å². The van der Waals surface area contributed by atoms with Crippen molar-refractivity contribution in [1.82, 2.24) is 0 Å². The topological polar surface area (TPSA) is 92.3 Å². The van der Waals surface area contributed by atoms with Gasteiger partial charge in [-0.25, -0.2) is 0 Å². The van der Waals surface area contributed by atoms with Crippen LogP contribution in [-0.2, 0) is 33.2 Å². The second-order valence-electron chi connectivity index (χ2n) is 4.90. The molecule has 9 heteroatoms. The molecule has 1 rings (SSSR count). The van der Waals surface area contributed by atoms with Crippen LogP contribution in [0.1, 0.15) is 0 Å². The second kappa shape index (κ2) is 13.0. The van der Waals surface area contributed by atoms with Gasteiger partial charge in [0.2, 0.25) is 0 Å². The van der Waals surface area contributed by atoms with Gasteiger partial charge in [-0.15, -0.1) is 0 Å². The summed E-state index contributed by atoms with van der Waals surface area (Å²) in [4.78, 5) is 0.125. The number of ether oxygens (including phenoxy) is 4. The molecule has 0 heterocycles. The minimum atomic E-state index is -3.64. The highest BCUT2D eigenvalue weighted by Crippen LogP contribution is 2.15. The Morgan fingerprint density at radius 2 is 1.32 bits per heavy atom. The van der Waals surface area contributed by atoms with Gasteiger partial charge in [-0.2, -0.15) is 8.42 Å². The molecular weight excluding hydrogens is 350 g/mol. The molecule has 0 spiro atoms. The molecular formula is C16H27NO7S. The van der Waals surface area contributed by atoms with Gasteiger partial charge in [-0.05, 0) is 24.3 Å². The van der Waals surface area contributed by atoms with Crippen molar-refractivity contribution in [2.24, 2.45) is 0 Å². The molecule has 8 nitrogen and oxygen atoms in total. The van der Waals surface area contributed by atoms with Crippen molar-refractivity contribution >= 4 is 15.8 Å². The molecule has 0 unspecified atom stereocenters. The standard InChI is InChI=1S/C16H27NO7S/c1-20-9-10-23-13-14-24-12-11-22-8-7-17-15-3-5-16(6-4-15)25(18,19)21-2/h3-6,17H,7-14H2,1-2H3. The van der Waals surface area contributed by atoms with Gasteiger partial charge in [0.25, 0.3) is 10.1 Å². The number of rotatable bonds is 15. The van der Waals surface area contributed by atoms with Crippen molar-refractivity contribution < 1.29 is 31.5 Å². The van der Waals surface area contributed by atoms with Crippen LogP contribution in [0.3, 0.4) is 0 Å². The zero-order valence-corrected chi connectivity index (χ0v) is 15.5. The summed E-state index contributed by atoms with van der Waals surface area (Å²) in [6.07, 6.45) is 0. The smallest absolute Gasteiger partial charge is 0.296 e. The van der Waals surface area contributed by atoms with Gasteiger partial charge in [0.15, 0.2) is 0 Å². The Hall–Kier alpha value is -1.23. The summed E-state index contributed by atoms with van der Waals surface area (Å²) >= 11 is 0. The van der Waals surface area contributed by atoms with Crippen LogP contribution in [0.15, 0.2) is 29.2 Å². The van der Waals surface area contributed by atoms with E-state index in [2.05, 4.69) is 9.50 Å². The van der Waals surface area contributed by atoms with E-state index in [-0.39, 0.29) is 4.90 Å². The molecule has 1 N–H and O–H groups in total. The predicted octanol–water partition coefficient (Wildman–Crippen LogP) is 1.13. The van der Waals surface area contributed by atoms with Gasteiger partial charge in [0.1, 0.15) is 0 Å². The van der Waals surface area contributed by atoms with E-state index in [0.717, 1.165) is 12.8 Å². The Balaban J connectivity index is 2.01. The lowest BCUT2D eigenvalue weighted by Crippen LogP contribution is -2.14. The lowest BCUT2D eigenvalue weighted by Gasteiger charge is -2.09. The largest absolute Gasteiger partial charge is 0.383 e. The first-order chi connectivity index (χ1) is 12.1. The fourth-order valence-corrected chi connectivity index (χ4v) is 2.45. The summed E-state index contributed by atoms with van der Waals surface area (Å²) < 4.78 is 48.3. The molecule has 0 aliphatic carbocycles. The van der Waals surface area contributed by atoms with Crippen molar-refractivity contribution in [1.29, 1.82) is 0 Å². The summed E-state index contributed by atoms with van der Waals surface area (Å²) in [5, 5.41) is 3.14. The normalized spacial score (nSPS) is 11.6. The lowest BCUT2D eigenvalue weighted by atomic mass is 10.3. The fourth-order valence-electron chi connectivity index (χ4n) is 1.79. The molecule has 0 amide bonds. The Bertz CT molecular complexity index is 548. The molecule has 0 bridgehead atoms. The first-order valence-corrected chi connectivity index (χ1v) is 9.37. The number of benzene rings is 1. The summed E-state index contributed by atoms with van der Waals surface area (Å²) in [6, 6.07) is 6.34. The Morgan fingerprint density at radius 3 is 1.84 bits per heavy atom. The van der Waals surface area contributed by atoms with E-state index in [0.29, 0.717) is 52.8 Å². The molecule has 0 saturated heterocycles. The van der Waals surface area contributed by atoms with E-state index in [9.17, 15) is 8.42 Å². The van der Waals surface area contributed by atoms with Crippen molar-refractivity contribution in [3.63, 3.8) is 0 Å². The van der Waals surface area contributed by atoms with E-state index in [1.165, 1.54) is 12.1 Å². The molecule has 0 fully saturated rings. The third-order valence-corrected chi connectivity index (χ3v) is 4.40. The third kappa shape index (κ3) is 9.73. The minimum Gasteiger partial charge on any atom is -0.383 e. The molecule has 1 aromatic carbocycles. The number of hydrogen-bond donors (Lipinski definition) is 1. The average molecular weight is 377 g/mol. The molecule has 0 aliphatic heterocycles. The van der Waals surface area contributed by atoms with Crippen LogP contribution >= 0.6 is 0 Å². The Kier molecular flexibility index (Phi) is 11.4. The van der Waals surface area contributed by atoms with E-state index >= 15 is 0 Å². The predicted molar refractivity (Wildman–Crippen MR) is 93.5 cm³/mol. The van der Waals surface area contributed by atoms with Gasteiger partial charge in [0, 0.05) is 19.3 Å². The van der Waals surface area contributed by atoms with Crippen molar-refractivity contribution in [2.45, 2.75) is 4.90 Å².